The Balaban J connectivity index is 2.45. The molecule has 1 aromatic heterocycles. The fourth-order valence-electron chi connectivity index (χ4n) is 1.26. The Hall–Kier alpha value is -1.43. The van der Waals surface area contributed by atoms with E-state index in [1.807, 2.05) is 0 Å². The minimum atomic E-state index is -1.01. The number of thioether (sulfide) groups is 1. The molecule has 5 nitrogen and oxygen atoms in total. The zero-order valence-corrected chi connectivity index (χ0v) is 10.5. The number of carbonyl (C=O) groups excluding carboxylic acids is 1. The van der Waals surface area contributed by atoms with E-state index in [-0.39, 0.29) is 17.3 Å². The van der Waals surface area contributed by atoms with Crippen LogP contribution in [0.1, 0.15) is 28.8 Å². The Morgan fingerprint density at radius 2 is 2.24 bits per heavy atom. The Morgan fingerprint density at radius 1 is 1.53 bits per heavy atom. The topological polar surface area (TPSA) is 76.7 Å². The summed E-state index contributed by atoms with van der Waals surface area (Å²) in [6.07, 6.45) is 0. The molecular formula is C11H14O5S. The third-order valence-corrected chi connectivity index (χ3v) is 2.90. The highest BCUT2D eigenvalue weighted by Gasteiger charge is 2.13. The maximum atomic E-state index is 11.0. The Bertz CT molecular complexity index is 410. The minimum Gasteiger partial charge on any atom is -0.478 e. The molecule has 0 fully saturated rings. The first-order valence-electron chi connectivity index (χ1n) is 5.10. The van der Waals surface area contributed by atoms with Crippen LogP contribution in [-0.4, -0.2) is 29.4 Å². The van der Waals surface area contributed by atoms with Gasteiger partial charge in [0.05, 0.1) is 18.1 Å². The number of esters is 1. The van der Waals surface area contributed by atoms with Crippen LogP contribution in [0.15, 0.2) is 10.5 Å². The third kappa shape index (κ3) is 4.14. The van der Waals surface area contributed by atoms with Crippen LogP contribution in [0.5, 0.6) is 0 Å². The second-order valence-corrected chi connectivity index (χ2v) is 4.27. The van der Waals surface area contributed by atoms with E-state index in [9.17, 15) is 9.59 Å². The summed E-state index contributed by atoms with van der Waals surface area (Å²) < 4.78 is 10.0. The highest BCUT2D eigenvalue weighted by molar-refractivity contribution is 7.99. The van der Waals surface area contributed by atoms with E-state index in [0.717, 1.165) is 0 Å². The van der Waals surface area contributed by atoms with Crippen molar-refractivity contribution in [1.29, 1.82) is 0 Å². The van der Waals surface area contributed by atoms with Gasteiger partial charge in [0.1, 0.15) is 17.1 Å². The number of rotatable bonds is 6. The van der Waals surface area contributed by atoms with Gasteiger partial charge in [0, 0.05) is 0 Å². The molecule has 17 heavy (non-hydrogen) atoms. The summed E-state index contributed by atoms with van der Waals surface area (Å²) >= 11 is 1.33. The lowest BCUT2D eigenvalue weighted by atomic mass is 10.2. The number of aryl methyl sites for hydroxylation is 1. The van der Waals surface area contributed by atoms with Crippen molar-refractivity contribution < 1.29 is 23.8 Å². The molecule has 0 bridgehead atoms. The van der Waals surface area contributed by atoms with Crippen LogP contribution < -0.4 is 0 Å². The van der Waals surface area contributed by atoms with E-state index < -0.39 is 5.97 Å². The predicted molar refractivity (Wildman–Crippen MR) is 63.2 cm³/mol. The highest BCUT2D eigenvalue weighted by Crippen LogP contribution is 2.19. The van der Waals surface area contributed by atoms with Crippen LogP contribution in [0.4, 0.5) is 0 Å². The molecule has 0 saturated carbocycles. The van der Waals surface area contributed by atoms with Gasteiger partial charge in [-0.1, -0.05) is 0 Å². The zero-order valence-electron chi connectivity index (χ0n) is 9.69. The van der Waals surface area contributed by atoms with Crippen molar-refractivity contribution >= 4 is 23.7 Å². The normalized spacial score (nSPS) is 10.2. The minimum absolute atomic E-state index is 0.164. The molecule has 0 aromatic carbocycles. The van der Waals surface area contributed by atoms with E-state index in [1.54, 1.807) is 13.8 Å². The lowest BCUT2D eigenvalue weighted by molar-refractivity contribution is -0.139. The summed E-state index contributed by atoms with van der Waals surface area (Å²) in [4.78, 5) is 21.8. The maximum absolute atomic E-state index is 11.0. The molecular weight excluding hydrogens is 244 g/mol. The molecule has 6 heteroatoms. The molecule has 94 valence electrons. The number of ether oxygens (including phenoxy) is 1. The lowest BCUT2D eigenvalue weighted by Crippen LogP contribution is -2.06. The van der Waals surface area contributed by atoms with Gasteiger partial charge < -0.3 is 14.3 Å². The van der Waals surface area contributed by atoms with Crippen LogP contribution in [0.25, 0.3) is 0 Å². The third-order valence-electron chi connectivity index (χ3n) is 1.97. The standard InChI is InChI=1S/C11H14O5S/c1-3-15-10(12)6-17-5-8-4-9(11(13)14)7(2)16-8/h4H,3,5-6H2,1-2H3,(H,13,14). The van der Waals surface area contributed by atoms with E-state index >= 15 is 0 Å². The van der Waals surface area contributed by atoms with Crippen LogP contribution in [0, 0.1) is 6.92 Å². The fraction of sp³-hybridized carbons (Fsp3) is 0.455. The molecule has 0 aliphatic rings. The van der Waals surface area contributed by atoms with Gasteiger partial charge in [0.2, 0.25) is 0 Å². The molecule has 0 saturated heterocycles. The summed E-state index contributed by atoms with van der Waals surface area (Å²) in [5.41, 5.74) is 0.164. The molecule has 0 radical (unpaired) electrons. The van der Waals surface area contributed by atoms with E-state index in [2.05, 4.69) is 0 Å². The quantitative estimate of drug-likeness (QED) is 0.787. The van der Waals surface area contributed by atoms with Crippen molar-refractivity contribution in [2.24, 2.45) is 0 Å². The second kappa shape index (κ2) is 6.34. The number of hydrogen-bond donors (Lipinski definition) is 1. The molecule has 0 amide bonds. The maximum Gasteiger partial charge on any atom is 0.339 e. The first-order chi connectivity index (χ1) is 8.04. The fourth-order valence-corrected chi connectivity index (χ4v) is 1.96. The van der Waals surface area contributed by atoms with Crippen molar-refractivity contribution in [2.45, 2.75) is 19.6 Å². The first kappa shape index (κ1) is 13.6. The second-order valence-electron chi connectivity index (χ2n) is 3.29. The molecule has 0 unspecified atom stereocenters. The van der Waals surface area contributed by atoms with Crippen molar-refractivity contribution in [3.63, 3.8) is 0 Å². The zero-order chi connectivity index (χ0) is 12.8. The van der Waals surface area contributed by atoms with Gasteiger partial charge in [0.25, 0.3) is 0 Å². The monoisotopic (exact) mass is 258 g/mol. The molecule has 1 rings (SSSR count). The van der Waals surface area contributed by atoms with Gasteiger partial charge in [-0.2, -0.15) is 0 Å². The van der Waals surface area contributed by atoms with E-state index in [4.69, 9.17) is 14.3 Å². The van der Waals surface area contributed by atoms with Crippen molar-refractivity contribution in [1.82, 2.24) is 0 Å². The molecule has 0 aliphatic heterocycles. The van der Waals surface area contributed by atoms with Gasteiger partial charge in [-0.05, 0) is 19.9 Å². The van der Waals surface area contributed by atoms with Gasteiger partial charge in [0.15, 0.2) is 0 Å². The summed E-state index contributed by atoms with van der Waals surface area (Å²) in [6, 6.07) is 1.48. The molecule has 0 aliphatic carbocycles. The van der Waals surface area contributed by atoms with Crippen molar-refractivity contribution in [3.05, 3.63) is 23.2 Å². The van der Waals surface area contributed by atoms with E-state index in [1.165, 1.54) is 17.8 Å². The number of furan rings is 1. The average Bonchev–Trinajstić information content (AvgIpc) is 2.60. The number of carboxylic acids is 1. The first-order valence-corrected chi connectivity index (χ1v) is 6.26. The van der Waals surface area contributed by atoms with Crippen LogP contribution in [0.3, 0.4) is 0 Å². The van der Waals surface area contributed by atoms with Gasteiger partial charge in [-0.3, -0.25) is 4.79 Å². The summed E-state index contributed by atoms with van der Waals surface area (Å²) in [7, 11) is 0. The van der Waals surface area contributed by atoms with Gasteiger partial charge in [-0.25, -0.2) is 4.79 Å². The lowest BCUT2D eigenvalue weighted by Gasteiger charge is -1.99. The van der Waals surface area contributed by atoms with Crippen LogP contribution in [-0.2, 0) is 15.3 Å². The average molecular weight is 258 g/mol. The molecule has 1 aromatic rings. The summed E-state index contributed by atoms with van der Waals surface area (Å²) in [5, 5.41) is 8.82. The van der Waals surface area contributed by atoms with E-state index in [0.29, 0.717) is 23.9 Å². The number of carboxylic acid groups (broad SMARTS) is 1. The highest BCUT2D eigenvalue weighted by atomic mass is 32.2. The Morgan fingerprint density at radius 3 is 2.76 bits per heavy atom. The van der Waals surface area contributed by atoms with Crippen molar-refractivity contribution in [3.8, 4) is 0 Å². The number of aromatic carboxylic acids is 1. The van der Waals surface area contributed by atoms with Gasteiger partial charge in [-0.15, -0.1) is 11.8 Å². The largest absolute Gasteiger partial charge is 0.478 e. The molecule has 1 heterocycles. The van der Waals surface area contributed by atoms with Crippen LogP contribution in [0.2, 0.25) is 0 Å². The number of carbonyl (C=O) groups is 2. The van der Waals surface area contributed by atoms with Crippen molar-refractivity contribution in [2.75, 3.05) is 12.4 Å². The van der Waals surface area contributed by atoms with Gasteiger partial charge >= 0.3 is 11.9 Å². The summed E-state index contributed by atoms with van der Waals surface area (Å²) in [6.45, 7) is 3.71. The summed E-state index contributed by atoms with van der Waals surface area (Å²) in [5.74, 6) is 0.327. The molecule has 1 N–H and O–H groups in total. The SMILES string of the molecule is CCOC(=O)CSCc1cc(C(=O)O)c(C)o1. The van der Waals surface area contributed by atoms with Crippen LogP contribution >= 0.6 is 11.8 Å². The Labute approximate surface area is 103 Å². The number of hydrogen-bond acceptors (Lipinski definition) is 5. The Kier molecular flexibility index (Phi) is 5.09. The predicted octanol–water partition coefficient (Wildman–Crippen LogP) is 2.08. The molecule has 0 atom stereocenters. The molecule has 0 spiro atoms. The smallest absolute Gasteiger partial charge is 0.339 e.